The van der Waals surface area contributed by atoms with Crippen molar-refractivity contribution in [2.75, 3.05) is 0 Å². The molecule has 0 fully saturated rings. The number of halogens is 2. The molecule has 0 radical (unpaired) electrons. The molecule has 0 saturated carbocycles. The minimum Gasteiger partial charge on any atom is -0.0887 e. The van der Waals surface area contributed by atoms with E-state index in [-0.39, 0.29) is 0 Å². The van der Waals surface area contributed by atoms with E-state index < -0.39 is 0 Å². The molecule has 0 nitrogen and oxygen atoms in total. The lowest BCUT2D eigenvalue weighted by molar-refractivity contribution is 0.570. The number of unbranched alkanes of at least 4 members (excludes halogenated alkanes) is 6. The maximum atomic E-state index is 6.18. The molecular weight excluding hydrogens is 320 g/mol. The Balaban J connectivity index is 2.08. The second-order valence-corrected chi connectivity index (χ2v) is 7.00. The van der Waals surface area contributed by atoms with Crippen molar-refractivity contribution in [3.8, 4) is 0 Å². The second-order valence-electron chi connectivity index (χ2n) is 5.30. The Bertz CT molecular complexity index is 338. The lowest BCUT2D eigenvalue weighted by Crippen LogP contribution is -2.03. The fraction of sp³-hybridized carbons (Fsp3) is 0.647. The fourth-order valence-corrected chi connectivity index (χ4v) is 3.21. The van der Waals surface area contributed by atoms with Crippen LogP contribution in [0.25, 0.3) is 0 Å². The van der Waals surface area contributed by atoms with Crippen LogP contribution in [0.1, 0.15) is 63.9 Å². The van der Waals surface area contributed by atoms with Crippen molar-refractivity contribution in [1.29, 1.82) is 0 Å². The molecule has 0 bridgehead atoms. The molecule has 0 amide bonds. The molecule has 0 aliphatic rings. The van der Waals surface area contributed by atoms with Gasteiger partial charge in [0.05, 0.1) is 0 Å². The summed E-state index contributed by atoms with van der Waals surface area (Å²) >= 11 is 9.96. The summed E-state index contributed by atoms with van der Waals surface area (Å²) in [6.07, 6.45) is 11.9. The quantitative estimate of drug-likeness (QED) is 0.323. The van der Waals surface area contributed by atoms with Gasteiger partial charge in [-0.2, -0.15) is 0 Å². The molecular formula is C17H26BrCl. The molecule has 0 aromatic heterocycles. The van der Waals surface area contributed by atoms with Crippen molar-refractivity contribution < 1.29 is 0 Å². The predicted molar refractivity (Wildman–Crippen MR) is 90.5 cm³/mol. The van der Waals surface area contributed by atoms with E-state index in [4.69, 9.17) is 11.6 Å². The van der Waals surface area contributed by atoms with Crippen LogP contribution in [0.3, 0.4) is 0 Å². The molecule has 0 aliphatic carbocycles. The summed E-state index contributed by atoms with van der Waals surface area (Å²) in [5.74, 6) is 0. The Labute approximate surface area is 132 Å². The van der Waals surface area contributed by atoms with Crippen LogP contribution in [0, 0.1) is 0 Å². The maximum Gasteiger partial charge on any atom is 0.0438 e. The van der Waals surface area contributed by atoms with Gasteiger partial charge in [-0.3, -0.25) is 0 Å². The first-order chi connectivity index (χ1) is 9.24. The zero-order valence-electron chi connectivity index (χ0n) is 12.0. The highest BCUT2D eigenvalue weighted by atomic mass is 79.9. The minimum atomic E-state index is 0.558. The normalized spacial score (nSPS) is 12.6. The van der Waals surface area contributed by atoms with Crippen molar-refractivity contribution in [3.63, 3.8) is 0 Å². The van der Waals surface area contributed by atoms with Gasteiger partial charge < -0.3 is 0 Å². The summed E-state index contributed by atoms with van der Waals surface area (Å²) in [4.78, 5) is 0.558. The van der Waals surface area contributed by atoms with E-state index in [1.54, 1.807) is 0 Å². The van der Waals surface area contributed by atoms with Crippen LogP contribution in [0.5, 0.6) is 0 Å². The zero-order valence-corrected chi connectivity index (χ0v) is 14.3. The number of hydrogen-bond donors (Lipinski definition) is 0. The van der Waals surface area contributed by atoms with Gasteiger partial charge in [0.2, 0.25) is 0 Å². The third-order valence-corrected chi connectivity index (χ3v) is 4.67. The van der Waals surface area contributed by atoms with Gasteiger partial charge in [-0.15, -0.1) is 0 Å². The van der Waals surface area contributed by atoms with Crippen molar-refractivity contribution in [3.05, 3.63) is 34.9 Å². The Hall–Kier alpha value is -0.0100. The van der Waals surface area contributed by atoms with Gasteiger partial charge in [0.15, 0.2) is 0 Å². The molecule has 1 aromatic rings. The lowest BCUT2D eigenvalue weighted by Gasteiger charge is -2.11. The summed E-state index contributed by atoms with van der Waals surface area (Å²) in [5.41, 5.74) is 1.26. The molecule has 1 unspecified atom stereocenters. The average Bonchev–Trinajstić information content (AvgIpc) is 2.40. The Morgan fingerprint density at radius 2 is 1.63 bits per heavy atom. The van der Waals surface area contributed by atoms with E-state index in [2.05, 4.69) is 35.0 Å². The average molecular weight is 346 g/mol. The third kappa shape index (κ3) is 7.99. The van der Waals surface area contributed by atoms with Gasteiger partial charge >= 0.3 is 0 Å². The first-order valence-electron chi connectivity index (χ1n) is 7.61. The van der Waals surface area contributed by atoms with Crippen LogP contribution in [0.4, 0.5) is 0 Å². The van der Waals surface area contributed by atoms with Gasteiger partial charge in [-0.1, -0.05) is 97.6 Å². The van der Waals surface area contributed by atoms with Crippen molar-refractivity contribution >= 4 is 27.5 Å². The largest absolute Gasteiger partial charge is 0.0887 e. The van der Waals surface area contributed by atoms with Gasteiger partial charge in [-0.05, 0) is 24.5 Å². The summed E-state index contributed by atoms with van der Waals surface area (Å²) in [6, 6.07) is 8.16. The highest BCUT2D eigenvalue weighted by molar-refractivity contribution is 9.09. The van der Waals surface area contributed by atoms with Gasteiger partial charge in [0.25, 0.3) is 0 Å². The molecule has 0 aliphatic heterocycles. The molecule has 19 heavy (non-hydrogen) atoms. The van der Waals surface area contributed by atoms with Crippen LogP contribution >= 0.6 is 27.5 Å². The zero-order chi connectivity index (χ0) is 13.9. The maximum absolute atomic E-state index is 6.18. The fourth-order valence-electron chi connectivity index (χ4n) is 2.33. The standard InChI is InChI=1S/C17H26BrCl/c1-2-3-4-5-6-7-8-12-16(18)14-15-11-9-10-13-17(15)19/h9-11,13,16H,2-8,12,14H2,1H3. The van der Waals surface area contributed by atoms with Crippen molar-refractivity contribution in [2.45, 2.75) is 69.5 Å². The van der Waals surface area contributed by atoms with Gasteiger partial charge in [0.1, 0.15) is 0 Å². The van der Waals surface area contributed by atoms with E-state index in [1.807, 2.05) is 12.1 Å². The second kappa shape index (κ2) is 10.7. The molecule has 1 atom stereocenters. The minimum absolute atomic E-state index is 0.558. The van der Waals surface area contributed by atoms with E-state index >= 15 is 0 Å². The molecule has 0 N–H and O–H groups in total. The van der Waals surface area contributed by atoms with Gasteiger partial charge in [0, 0.05) is 9.85 Å². The molecule has 0 heterocycles. The van der Waals surface area contributed by atoms with E-state index in [0.29, 0.717) is 4.83 Å². The smallest absolute Gasteiger partial charge is 0.0438 e. The van der Waals surface area contributed by atoms with Crippen LogP contribution < -0.4 is 0 Å². The van der Waals surface area contributed by atoms with Crippen LogP contribution in [-0.2, 0) is 6.42 Å². The first-order valence-corrected chi connectivity index (χ1v) is 8.91. The van der Waals surface area contributed by atoms with Crippen molar-refractivity contribution in [1.82, 2.24) is 0 Å². The highest BCUT2D eigenvalue weighted by Crippen LogP contribution is 2.22. The number of benzene rings is 1. The Morgan fingerprint density at radius 1 is 1.00 bits per heavy atom. The lowest BCUT2D eigenvalue weighted by atomic mass is 10.0. The van der Waals surface area contributed by atoms with E-state index in [1.165, 1.54) is 56.9 Å². The molecule has 2 heteroatoms. The summed E-state index contributed by atoms with van der Waals surface area (Å²) in [7, 11) is 0. The number of alkyl halides is 1. The number of hydrogen-bond acceptors (Lipinski definition) is 0. The Morgan fingerprint density at radius 3 is 2.32 bits per heavy atom. The highest BCUT2D eigenvalue weighted by Gasteiger charge is 2.07. The predicted octanol–water partition coefficient (Wildman–Crippen LogP) is 6.79. The Kier molecular flexibility index (Phi) is 9.63. The summed E-state index contributed by atoms with van der Waals surface area (Å²) in [6.45, 7) is 2.27. The van der Waals surface area contributed by atoms with E-state index in [9.17, 15) is 0 Å². The molecule has 1 rings (SSSR count). The monoisotopic (exact) mass is 344 g/mol. The SMILES string of the molecule is CCCCCCCCCC(Br)Cc1ccccc1Cl. The van der Waals surface area contributed by atoms with Crippen molar-refractivity contribution in [2.24, 2.45) is 0 Å². The first kappa shape index (κ1) is 17.0. The summed E-state index contributed by atoms with van der Waals surface area (Å²) < 4.78 is 0. The number of rotatable bonds is 10. The van der Waals surface area contributed by atoms with Crippen LogP contribution in [0.2, 0.25) is 5.02 Å². The summed E-state index contributed by atoms with van der Waals surface area (Å²) in [5, 5.41) is 0.895. The molecule has 1 aromatic carbocycles. The van der Waals surface area contributed by atoms with Crippen LogP contribution in [0.15, 0.2) is 24.3 Å². The molecule has 0 saturated heterocycles. The molecule has 108 valence electrons. The topological polar surface area (TPSA) is 0 Å². The molecule has 0 spiro atoms. The third-order valence-electron chi connectivity index (χ3n) is 3.52. The van der Waals surface area contributed by atoms with E-state index in [0.717, 1.165) is 11.4 Å². The van der Waals surface area contributed by atoms with Gasteiger partial charge in [-0.25, -0.2) is 0 Å². The van der Waals surface area contributed by atoms with Crippen LogP contribution in [-0.4, -0.2) is 4.83 Å².